The van der Waals surface area contributed by atoms with E-state index in [1.807, 2.05) is 0 Å². The van der Waals surface area contributed by atoms with Gasteiger partial charge in [0.05, 0.1) is 0 Å². The van der Waals surface area contributed by atoms with Crippen LogP contribution in [-0.4, -0.2) is 19.7 Å². The summed E-state index contributed by atoms with van der Waals surface area (Å²) in [6, 6.07) is 3.65. The fraction of sp³-hybridized carbons (Fsp3) is 0.125. The second-order valence-electron chi connectivity index (χ2n) is 2.86. The zero-order chi connectivity index (χ0) is 10.3. The molecule has 0 atom stereocenters. The van der Waals surface area contributed by atoms with Crippen LogP contribution in [0.4, 0.5) is 4.39 Å². The van der Waals surface area contributed by atoms with Crippen LogP contribution in [0.1, 0.15) is 0 Å². The summed E-state index contributed by atoms with van der Waals surface area (Å²) in [5.41, 5.74) is 0.456. The van der Waals surface area contributed by atoms with E-state index in [1.165, 1.54) is 12.1 Å². The van der Waals surface area contributed by atoms with Crippen molar-refractivity contribution in [2.24, 2.45) is 0 Å². The number of fused-ring (bicyclic) bond motifs is 1. The maximum Gasteiger partial charge on any atom is 0.315 e. The first-order valence-electron chi connectivity index (χ1n) is 3.73. The number of halogens is 1. The van der Waals surface area contributed by atoms with Gasteiger partial charge in [0.15, 0.2) is 5.58 Å². The molecule has 0 N–H and O–H groups in total. The molecule has 0 aliphatic rings. The Labute approximate surface area is 79.3 Å². The number of sulfone groups is 1. The van der Waals surface area contributed by atoms with E-state index >= 15 is 0 Å². The minimum atomic E-state index is -3.48. The van der Waals surface area contributed by atoms with Gasteiger partial charge in [-0.3, -0.25) is 0 Å². The monoisotopic (exact) mass is 215 g/mol. The van der Waals surface area contributed by atoms with Crippen molar-refractivity contribution in [1.82, 2.24) is 4.98 Å². The number of hydrogen-bond acceptors (Lipinski definition) is 4. The number of rotatable bonds is 1. The lowest BCUT2D eigenvalue weighted by Crippen LogP contribution is -1.96. The Hall–Kier alpha value is -1.43. The highest BCUT2D eigenvalue weighted by Gasteiger charge is 2.15. The molecule has 1 heterocycles. The molecule has 4 nitrogen and oxygen atoms in total. The smallest absolute Gasteiger partial charge is 0.315 e. The molecule has 0 saturated heterocycles. The average molecular weight is 215 g/mol. The van der Waals surface area contributed by atoms with Gasteiger partial charge in [0.2, 0.25) is 9.84 Å². The van der Waals surface area contributed by atoms with Crippen LogP contribution in [0.15, 0.2) is 27.8 Å². The Kier molecular flexibility index (Phi) is 1.81. The van der Waals surface area contributed by atoms with Gasteiger partial charge >= 0.3 is 5.22 Å². The van der Waals surface area contributed by atoms with Crippen molar-refractivity contribution in [3.63, 3.8) is 0 Å². The molecule has 1 aromatic heterocycles. The molecule has 0 radical (unpaired) electrons. The van der Waals surface area contributed by atoms with Crippen molar-refractivity contribution in [3.8, 4) is 0 Å². The summed E-state index contributed by atoms with van der Waals surface area (Å²) in [4.78, 5) is 3.70. The molecule has 2 rings (SSSR count). The van der Waals surface area contributed by atoms with E-state index in [9.17, 15) is 12.8 Å². The lowest BCUT2D eigenvalue weighted by molar-refractivity contribution is 0.459. The average Bonchev–Trinajstić information content (AvgIpc) is 2.45. The van der Waals surface area contributed by atoms with Crippen molar-refractivity contribution < 1.29 is 17.2 Å². The zero-order valence-corrected chi connectivity index (χ0v) is 8.01. The van der Waals surface area contributed by atoms with Crippen molar-refractivity contribution >= 4 is 20.9 Å². The summed E-state index contributed by atoms with van der Waals surface area (Å²) in [6.07, 6.45) is 0.980. The maximum absolute atomic E-state index is 12.7. The second kappa shape index (κ2) is 2.78. The largest absolute Gasteiger partial charge is 0.428 e. The molecule has 2 aromatic rings. The normalized spacial score (nSPS) is 12.1. The molecule has 0 unspecified atom stereocenters. The predicted octanol–water partition coefficient (Wildman–Crippen LogP) is 1.37. The molecule has 0 aliphatic heterocycles. The lowest BCUT2D eigenvalue weighted by Gasteiger charge is -1.86. The van der Waals surface area contributed by atoms with Crippen molar-refractivity contribution in [1.29, 1.82) is 0 Å². The standard InChI is InChI=1S/C8H6FNO3S/c1-14(11,12)8-10-6-3-2-5(9)4-7(6)13-8/h2-4H,1H3. The van der Waals surface area contributed by atoms with Crippen molar-refractivity contribution in [2.75, 3.05) is 6.26 Å². The van der Waals surface area contributed by atoms with E-state index in [-0.39, 0.29) is 5.58 Å². The van der Waals surface area contributed by atoms with E-state index in [1.54, 1.807) is 0 Å². The molecule has 6 heteroatoms. The van der Waals surface area contributed by atoms with Crippen molar-refractivity contribution in [3.05, 3.63) is 24.0 Å². The van der Waals surface area contributed by atoms with Crippen LogP contribution in [0.25, 0.3) is 11.1 Å². The van der Waals surface area contributed by atoms with Crippen LogP contribution in [0.3, 0.4) is 0 Å². The summed E-state index contributed by atoms with van der Waals surface area (Å²) in [6.45, 7) is 0. The highest BCUT2D eigenvalue weighted by Crippen LogP contribution is 2.19. The first-order valence-corrected chi connectivity index (χ1v) is 5.62. The van der Waals surface area contributed by atoms with E-state index in [0.717, 1.165) is 12.3 Å². The van der Waals surface area contributed by atoms with Crippen LogP contribution < -0.4 is 0 Å². The third-order valence-electron chi connectivity index (χ3n) is 1.65. The molecule has 0 amide bonds. The quantitative estimate of drug-likeness (QED) is 0.720. The molecular weight excluding hydrogens is 209 g/mol. The highest BCUT2D eigenvalue weighted by atomic mass is 32.2. The third kappa shape index (κ3) is 1.48. The van der Waals surface area contributed by atoms with E-state index < -0.39 is 20.9 Å². The Morgan fingerprint density at radius 3 is 2.79 bits per heavy atom. The van der Waals surface area contributed by atoms with E-state index in [4.69, 9.17) is 4.42 Å². The molecule has 1 aromatic carbocycles. The van der Waals surface area contributed by atoms with Crippen LogP contribution in [0.2, 0.25) is 0 Å². The van der Waals surface area contributed by atoms with Gasteiger partial charge in [-0.25, -0.2) is 12.8 Å². The van der Waals surface area contributed by atoms with Crippen LogP contribution in [-0.2, 0) is 9.84 Å². The molecule has 0 aliphatic carbocycles. The first-order chi connectivity index (χ1) is 6.47. The van der Waals surface area contributed by atoms with Gasteiger partial charge in [-0.05, 0) is 12.1 Å². The van der Waals surface area contributed by atoms with Gasteiger partial charge in [-0.15, -0.1) is 0 Å². The topological polar surface area (TPSA) is 60.2 Å². The van der Waals surface area contributed by atoms with Gasteiger partial charge in [-0.2, -0.15) is 4.98 Å². The minimum Gasteiger partial charge on any atom is -0.428 e. The first kappa shape index (κ1) is 9.14. The Morgan fingerprint density at radius 1 is 1.43 bits per heavy atom. The SMILES string of the molecule is CS(=O)(=O)c1nc2ccc(F)cc2o1. The summed E-state index contributed by atoms with van der Waals surface area (Å²) in [5.74, 6) is -0.492. The molecule has 14 heavy (non-hydrogen) atoms. The lowest BCUT2D eigenvalue weighted by atomic mass is 10.3. The van der Waals surface area contributed by atoms with Gasteiger partial charge < -0.3 is 4.42 Å². The Morgan fingerprint density at radius 2 is 2.14 bits per heavy atom. The number of benzene rings is 1. The number of nitrogens with zero attached hydrogens (tertiary/aromatic N) is 1. The Balaban J connectivity index is 2.75. The highest BCUT2D eigenvalue weighted by molar-refractivity contribution is 7.90. The maximum atomic E-state index is 12.7. The molecular formula is C8H6FNO3S. The molecule has 0 spiro atoms. The fourth-order valence-electron chi connectivity index (χ4n) is 1.04. The summed E-state index contributed by atoms with van der Waals surface area (Å²) in [5, 5.41) is -0.391. The van der Waals surface area contributed by atoms with Gasteiger partial charge in [0.1, 0.15) is 11.3 Å². The van der Waals surface area contributed by atoms with Gasteiger partial charge in [-0.1, -0.05) is 0 Å². The molecule has 0 bridgehead atoms. The Bertz CT molecular complexity index is 588. The van der Waals surface area contributed by atoms with E-state index in [0.29, 0.717) is 5.52 Å². The summed E-state index contributed by atoms with van der Waals surface area (Å²) in [7, 11) is -3.48. The van der Waals surface area contributed by atoms with Crippen LogP contribution in [0, 0.1) is 5.82 Å². The minimum absolute atomic E-state index is 0.130. The number of aromatic nitrogens is 1. The third-order valence-corrected chi connectivity index (χ3v) is 2.46. The van der Waals surface area contributed by atoms with Crippen molar-refractivity contribution in [2.45, 2.75) is 5.22 Å². The van der Waals surface area contributed by atoms with E-state index in [2.05, 4.69) is 4.98 Å². The molecule has 74 valence electrons. The predicted molar refractivity (Wildman–Crippen MR) is 47.1 cm³/mol. The van der Waals surface area contributed by atoms with Gasteiger partial charge in [0.25, 0.3) is 0 Å². The summed E-state index contributed by atoms with van der Waals surface area (Å²) < 4.78 is 39.7. The molecule has 0 fully saturated rings. The fourth-order valence-corrected chi connectivity index (χ4v) is 1.54. The second-order valence-corrected chi connectivity index (χ2v) is 4.76. The zero-order valence-electron chi connectivity index (χ0n) is 7.19. The number of oxazole rings is 1. The summed E-state index contributed by atoms with van der Waals surface area (Å²) >= 11 is 0. The van der Waals surface area contributed by atoms with Crippen LogP contribution in [0.5, 0.6) is 0 Å². The number of hydrogen-bond donors (Lipinski definition) is 0. The van der Waals surface area contributed by atoms with Crippen LogP contribution >= 0.6 is 0 Å². The van der Waals surface area contributed by atoms with Gasteiger partial charge in [0, 0.05) is 12.3 Å². The molecule has 0 saturated carbocycles.